The van der Waals surface area contributed by atoms with Crippen LogP contribution >= 0.6 is 0 Å². The van der Waals surface area contributed by atoms with Crippen LogP contribution in [-0.4, -0.2) is 43.7 Å². The Labute approximate surface area is 61.2 Å². The lowest BCUT2D eigenvalue weighted by molar-refractivity contribution is -0.849. The van der Waals surface area contributed by atoms with E-state index in [-0.39, 0.29) is 0 Å². The van der Waals surface area contributed by atoms with E-state index in [2.05, 4.69) is 6.92 Å². The van der Waals surface area contributed by atoms with Crippen LogP contribution in [0.2, 0.25) is 0 Å². The van der Waals surface area contributed by atoms with Crippen LogP contribution in [0.5, 0.6) is 0 Å². The zero-order valence-electron chi connectivity index (χ0n) is 6.08. The Morgan fingerprint density at radius 3 is 2.40 bits per heavy atom. The van der Waals surface area contributed by atoms with Gasteiger partial charge < -0.3 is 4.74 Å². The van der Waals surface area contributed by atoms with Gasteiger partial charge in [-0.15, -0.1) is 0 Å². The fourth-order valence-electron chi connectivity index (χ4n) is 1.09. The highest BCUT2D eigenvalue weighted by atomic mass is 16.5. The summed E-state index contributed by atoms with van der Waals surface area (Å²) < 4.78 is 5.60. The van der Waals surface area contributed by atoms with Gasteiger partial charge in [0.2, 0.25) is 0 Å². The summed E-state index contributed by atoms with van der Waals surface area (Å²) in [5.74, 6) is 0. The van der Waals surface area contributed by atoms with E-state index in [1.807, 2.05) is 0 Å². The summed E-state index contributed by atoms with van der Waals surface area (Å²) in [5.41, 5.74) is 0. The quantitative estimate of drug-likeness (QED) is 0.396. The van der Waals surface area contributed by atoms with Crippen molar-refractivity contribution in [2.75, 3.05) is 32.8 Å². The Bertz CT molecular complexity index is 119. The number of carbonyl (C=O) groups excluding carboxylic acids is 1. The van der Waals surface area contributed by atoms with Crippen LogP contribution in [0.3, 0.4) is 0 Å². The normalized spacial score (nSPS) is 24.1. The molecule has 3 nitrogen and oxygen atoms in total. The maximum atomic E-state index is 10.6. The van der Waals surface area contributed by atoms with E-state index in [1.54, 1.807) is 0 Å². The number of hydrogen-bond donors (Lipinski definition) is 0. The Kier molecular flexibility index (Phi) is 2.40. The smallest absolute Gasteiger partial charge is 0.301 e. The minimum atomic E-state index is 0.472. The molecule has 1 heterocycles. The van der Waals surface area contributed by atoms with Crippen molar-refractivity contribution in [1.29, 1.82) is 0 Å². The molecular weight excluding hydrogens is 130 g/mol. The monoisotopic (exact) mass is 143 g/mol. The largest absolute Gasteiger partial charge is 0.370 e. The molecule has 1 radical (unpaired) electrons. The maximum absolute atomic E-state index is 10.6. The molecule has 1 amide bonds. The summed E-state index contributed by atoms with van der Waals surface area (Å²) in [4.78, 5) is 10.6. The molecule has 0 aromatic carbocycles. The van der Waals surface area contributed by atoms with Crippen LogP contribution in [0.1, 0.15) is 0 Å². The first-order chi connectivity index (χ1) is 4.83. The zero-order valence-corrected chi connectivity index (χ0v) is 6.08. The number of rotatable bonds is 2. The zero-order chi connectivity index (χ0) is 7.45. The molecule has 0 aromatic rings. The molecule has 3 heteroatoms. The first-order valence-corrected chi connectivity index (χ1v) is 3.52. The van der Waals surface area contributed by atoms with Gasteiger partial charge in [0.1, 0.15) is 13.1 Å². The third-order valence-electron chi connectivity index (χ3n) is 2.03. The molecule has 1 fully saturated rings. The molecule has 0 saturated carbocycles. The highest BCUT2D eigenvalue weighted by Gasteiger charge is 2.27. The molecule has 57 valence electrons. The average molecular weight is 143 g/mol. The maximum Gasteiger partial charge on any atom is 0.301 e. The minimum Gasteiger partial charge on any atom is -0.370 e. The van der Waals surface area contributed by atoms with Gasteiger partial charge in [0.05, 0.1) is 19.8 Å². The number of quaternary nitrogens is 1. The first kappa shape index (κ1) is 7.69. The number of morpholine rings is 1. The molecule has 0 unspecified atom stereocenters. The van der Waals surface area contributed by atoms with Crippen molar-refractivity contribution in [3.8, 4) is 0 Å². The van der Waals surface area contributed by atoms with Gasteiger partial charge in [-0.25, -0.2) is 4.79 Å². The average Bonchev–Trinajstić information content (AvgIpc) is 2.06. The lowest BCUT2D eigenvalue weighted by Crippen LogP contribution is -2.53. The molecule has 1 aliphatic rings. The van der Waals surface area contributed by atoms with E-state index in [9.17, 15) is 4.79 Å². The summed E-state index contributed by atoms with van der Waals surface area (Å²) in [5, 5.41) is 0. The summed E-state index contributed by atoms with van der Waals surface area (Å²) in [7, 11) is 0. The third-order valence-corrected chi connectivity index (χ3v) is 2.03. The third kappa shape index (κ3) is 1.36. The summed E-state index contributed by atoms with van der Waals surface area (Å²) in [6.45, 7) is 7.33. The highest BCUT2D eigenvalue weighted by Crippen LogP contribution is 2.06. The van der Waals surface area contributed by atoms with Gasteiger partial charge >= 0.3 is 6.41 Å². The van der Waals surface area contributed by atoms with Gasteiger partial charge in [0, 0.05) is 6.92 Å². The molecule has 0 bridgehead atoms. The molecule has 1 rings (SSSR count). The number of ether oxygens (including phenoxy) is 1. The lowest BCUT2D eigenvalue weighted by Gasteiger charge is -2.33. The summed E-state index contributed by atoms with van der Waals surface area (Å²) in [6, 6.07) is 0. The van der Waals surface area contributed by atoms with Gasteiger partial charge in [-0.3, -0.25) is 4.48 Å². The van der Waals surface area contributed by atoms with Crippen LogP contribution < -0.4 is 0 Å². The molecule has 0 aliphatic carbocycles. The van der Waals surface area contributed by atoms with E-state index in [4.69, 9.17) is 4.74 Å². The lowest BCUT2D eigenvalue weighted by atomic mass is 10.3. The van der Waals surface area contributed by atoms with E-state index in [0.717, 1.165) is 19.5 Å². The molecule has 0 spiro atoms. The molecule has 0 N–H and O–H groups in total. The first-order valence-electron chi connectivity index (χ1n) is 3.52. The number of amides is 1. The van der Waals surface area contributed by atoms with Crippen LogP contribution in [0.4, 0.5) is 0 Å². The van der Waals surface area contributed by atoms with Gasteiger partial charge in [-0.2, -0.15) is 0 Å². The van der Waals surface area contributed by atoms with E-state index in [1.165, 1.54) is 0 Å². The summed E-state index contributed by atoms with van der Waals surface area (Å²) in [6.07, 6.45) is 0.982. The van der Waals surface area contributed by atoms with Gasteiger partial charge in [-0.1, -0.05) is 0 Å². The highest BCUT2D eigenvalue weighted by molar-refractivity contribution is 5.37. The van der Waals surface area contributed by atoms with Gasteiger partial charge in [-0.05, 0) is 0 Å². The second kappa shape index (κ2) is 3.12. The molecule has 0 atom stereocenters. The second-order valence-corrected chi connectivity index (χ2v) is 2.61. The molecule has 0 aromatic heterocycles. The standard InChI is InChI=1S/C7H13NO2/c1-2-8(7-9)3-5-10-6-4-8/h7H,1-6H2/q+1. The van der Waals surface area contributed by atoms with Crippen LogP contribution in [0.15, 0.2) is 0 Å². The summed E-state index contributed by atoms with van der Waals surface area (Å²) >= 11 is 0. The number of hydrogen-bond acceptors (Lipinski definition) is 2. The van der Waals surface area contributed by atoms with Crippen molar-refractivity contribution in [3.63, 3.8) is 0 Å². The Morgan fingerprint density at radius 1 is 1.50 bits per heavy atom. The number of carbonyl (C=O) groups is 1. The van der Waals surface area contributed by atoms with Crippen molar-refractivity contribution in [1.82, 2.24) is 0 Å². The number of nitrogens with zero attached hydrogens (tertiary/aromatic N) is 1. The van der Waals surface area contributed by atoms with Crippen molar-refractivity contribution >= 4 is 6.41 Å². The fourth-order valence-corrected chi connectivity index (χ4v) is 1.09. The van der Waals surface area contributed by atoms with E-state index < -0.39 is 0 Å². The SMILES string of the molecule is [CH2]C[N+]1(C=O)CCOCC1. The van der Waals surface area contributed by atoms with Gasteiger partial charge in [0.25, 0.3) is 0 Å². The fraction of sp³-hybridized carbons (Fsp3) is 0.714. The van der Waals surface area contributed by atoms with Crippen LogP contribution in [0.25, 0.3) is 0 Å². The van der Waals surface area contributed by atoms with Gasteiger partial charge in [0.15, 0.2) is 0 Å². The van der Waals surface area contributed by atoms with Crippen molar-refractivity contribution < 1.29 is 14.0 Å². The predicted octanol–water partition coefficient (Wildman–Crippen LogP) is -0.176. The second-order valence-electron chi connectivity index (χ2n) is 2.61. The molecule has 10 heavy (non-hydrogen) atoms. The predicted molar refractivity (Wildman–Crippen MR) is 37.1 cm³/mol. The van der Waals surface area contributed by atoms with Crippen molar-refractivity contribution in [2.24, 2.45) is 0 Å². The van der Waals surface area contributed by atoms with Crippen molar-refractivity contribution in [2.45, 2.75) is 0 Å². The molecule has 1 aliphatic heterocycles. The molecule has 1 saturated heterocycles. The van der Waals surface area contributed by atoms with Crippen LogP contribution in [0, 0.1) is 6.92 Å². The van der Waals surface area contributed by atoms with Crippen molar-refractivity contribution in [3.05, 3.63) is 6.92 Å². The van der Waals surface area contributed by atoms with Crippen LogP contribution in [-0.2, 0) is 9.53 Å². The van der Waals surface area contributed by atoms with E-state index >= 15 is 0 Å². The minimum absolute atomic E-state index is 0.472. The Balaban J connectivity index is 2.52. The Hall–Kier alpha value is -0.410. The molecular formula is C7H13NO2+. The topological polar surface area (TPSA) is 26.3 Å². The Morgan fingerprint density at radius 2 is 2.10 bits per heavy atom. The van der Waals surface area contributed by atoms with E-state index in [0.29, 0.717) is 24.2 Å².